The number of aryl methyl sites for hydroxylation is 1. The molecule has 0 bridgehead atoms. The van der Waals surface area contributed by atoms with Gasteiger partial charge in [0.15, 0.2) is 5.13 Å². The smallest absolute Gasteiger partial charge is 0.365 e. The van der Waals surface area contributed by atoms with Gasteiger partial charge < -0.3 is 10.6 Å². The molecular weight excluding hydrogens is 301 g/mol. The Morgan fingerprint density at radius 1 is 1.40 bits per heavy atom. The van der Waals surface area contributed by atoms with Crippen LogP contribution < -0.4 is 10.6 Å². The molecule has 20 heavy (non-hydrogen) atoms. The zero-order valence-electron chi connectivity index (χ0n) is 12.1. The molecule has 0 atom stereocenters. The molecule has 0 aromatic carbocycles. The van der Waals surface area contributed by atoms with Gasteiger partial charge in [-0.2, -0.15) is 13.9 Å². The maximum atomic E-state index is 12.1. The average molecular weight is 322 g/mol. The van der Waals surface area contributed by atoms with Crippen LogP contribution in [0.5, 0.6) is 0 Å². The van der Waals surface area contributed by atoms with Crippen molar-refractivity contribution in [3.05, 3.63) is 10.6 Å². The van der Waals surface area contributed by atoms with E-state index >= 15 is 0 Å². The number of amides is 1. The van der Waals surface area contributed by atoms with Crippen LogP contribution in [0.25, 0.3) is 0 Å². The van der Waals surface area contributed by atoms with Crippen LogP contribution in [0.4, 0.5) is 5.13 Å². The number of hydrogen-bond acceptors (Lipinski definition) is 7. The highest BCUT2D eigenvalue weighted by Gasteiger charge is 2.40. The highest BCUT2D eigenvalue weighted by Crippen LogP contribution is 2.55. The third-order valence-corrected chi connectivity index (χ3v) is 5.37. The number of carbonyl (C=O) groups is 1. The third-order valence-electron chi connectivity index (χ3n) is 2.32. The van der Waals surface area contributed by atoms with E-state index in [0.29, 0.717) is 28.9 Å². The van der Waals surface area contributed by atoms with Gasteiger partial charge in [0, 0.05) is 7.05 Å². The lowest BCUT2D eigenvalue weighted by Gasteiger charge is -2.15. The van der Waals surface area contributed by atoms with Crippen molar-refractivity contribution in [1.82, 2.24) is 10.3 Å². The summed E-state index contributed by atoms with van der Waals surface area (Å²) >= 11 is 1.26. The van der Waals surface area contributed by atoms with Gasteiger partial charge in [0.1, 0.15) is 4.88 Å². The third kappa shape index (κ3) is 4.64. The van der Waals surface area contributed by atoms with E-state index in [1.807, 2.05) is 0 Å². The van der Waals surface area contributed by atoms with Crippen molar-refractivity contribution in [2.75, 3.05) is 31.9 Å². The van der Waals surface area contributed by atoms with Crippen LogP contribution in [0.15, 0.2) is 0 Å². The number of anilines is 1. The lowest BCUT2D eigenvalue weighted by atomic mass is 10.4. The summed E-state index contributed by atoms with van der Waals surface area (Å²) in [4.78, 5) is 26.9. The standard InChI is InChI=1S/C11H20N3O4PS/c1-5-17-19(16,18-6-2)7-13-10(15)9-8(3)14-11(12-4)20-9/h16H,5-7H2,1-4H3,(H-,12,13,14,15)/p+1. The van der Waals surface area contributed by atoms with E-state index < -0.39 is 7.94 Å². The molecule has 0 aliphatic carbocycles. The maximum absolute atomic E-state index is 12.1. The summed E-state index contributed by atoms with van der Waals surface area (Å²) in [6.45, 7) is 5.93. The zero-order valence-corrected chi connectivity index (χ0v) is 13.8. The molecule has 0 fully saturated rings. The van der Waals surface area contributed by atoms with Crippen molar-refractivity contribution in [3.63, 3.8) is 0 Å². The Morgan fingerprint density at radius 2 is 2.00 bits per heavy atom. The van der Waals surface area contributed by atoms with Crippen molar-refractivity contribution in [2.24, 2.45) is 0 Å². The van der Waals surface area contributed by atoms with Gasteiger partial charge >= 0.3 is 7.94 Å². The van der Waals surface area contributed by atoms with E-state index in [0.717, 1.165) is 0 Å². The molecule has 0 aliphatic heterocycles. The maximum Gasteiger partial charge on any atom is 0.429 e. The minimum atomic E-state index is -3.02. The van der Waals surface area contributed by atoms with E-state index in [4.69, 9.17) is 9.05 Å². The Labute approximate surface area is 123 Å². The molecule has 0 spiro atoms. The molecule has 0 saturated heterocycles. The second kappa shape index (κ2) is 7.85. The molecule has 1 aromatic rings. The Hall–Kier alpha value is -0.790. The highest BCUT2D eigenvalue weighted by molar-refractivity contribution is 7.60. The van der Waals surface area contributed by atoms with E-state index in [9.17, 15) is 9.69 Å². The molecule has 1 rings (SSSR count). The fourth-order valence-corrected chi connectivity index (χ4v) is 3.74. The summed E-state index contributed by atoms with van der Waals surface area (Å²) in [5.74, 6) is -0.292. The van der Waals surface area contributed by atoms with E-state index in [-0.39, 0.29) is 12.2 Å². The van der Waals surface area contributed by atoms with Gasteiger partial charge in [-0.15, -0.1) is 0 Å². The molecule has 0 unspecified atom stereocenters. The summed E-state index contributed by atoms with van der Waals surface area (Å²) in [5.41, 5.74) is 0.645. The Morgan fingerprint density at radius 3 is 2.45 bits per heavy atom. The highest BCUT2D eigenvalue weighted by atomic mass is 32.1. The van der Waals surface area contributed by atoms with Gasteiger partial charge in [0.05, 0.1) is 18.9 Å². The number of thiazole rings is 1. The molecular formula is C11H21N3O4PS+. The second-order valence-electron chi connectivity index (χ2n) is 3.82. The van der Waals surface area contributed by atoms with Crippen molar-refractivity contribution in [1.29, 1.82) is 0 Å². The van der Waals surface area contributed by atoms with Crippen molar-refractivity contribution < 1.29 is 18.7 Å². The molecule has 3 N–H and O–H groups in total. The zero-order chi connectivity index (χ0) is 15.2. The summed E-state index contributed by atoms with van der Waals surface area (Å²) in [6, 6.07) is 0. The van der Waals surface area contributed by atoms with Crippen molar-refractivity contribution in [2.45, 2.75) is 20.8 Å². The number of nitrogens with zero attached hydrogens (tertiary/aromatic N) is 1. The first-order valence-electron chi connectivity index (χ1n) is 6.29. The largest absolute Gasteiger partial charge is 0.429 e. The van der Waals surface area contributed by atoms with Crippen LogP contribution in [0.2, 0.25) is 0 Å². The molecule has 1 aromatic heterocycles. The first-order valence-corrected chi connectivity index (χ1v) is 8.87. The van der Waals surface area contributed by atoms with E-state index in [1.165, 1.54) is 11.3 Å². The molecule has 7 nitrogen and oxygen atoms in total. The molecule has 0 saturated carbocycles. The molecule has 1 amide bonds. The number of hydrogen-bond donors (Lipinski definition) is 3. The van der Waals surface area contributed by atoms with Gasteiger partial charge in [0.25, 0.3) is 5.91 Å². The Balaban J connectivity index is 2.67. The summed E-state index contributed by atoms with van der Waals surface area (Å²) in [5, 5.41) is 6.21. The van der Waals surface area contributed by atoms with Gasteiger partial charge in [-0.1, -0.05) is 11.3 Å². The topological polar surface area (TPSA) is 92.7 Å². The number of carbonyl (C=O) groups excluding carboxylic acids is 1. The predicted octanol–water partition coefficient (Wildman–Crippen LogP) is 2.01. The molecule has 0 radical (unpaired) electrons. The van der Waals surface area contributed by atoms with Crippen LogP contribution in [0.1, 0.15) is 29.2 Å². The Bertz CT molecular complexity index is 449. The lowest BCUT2D eigenvalue weighted by molar-refractivity contribution is 0.0953. The van der Waals surface area contributed by atoms with Crippen molar-refractivity contribution in [3.8, 4) is 0 Å². The second-order valence-corrected chi connectivity index (χ2v) is 6.93. The van der Waals surface area contributed by atoms with Crippen LogP contribution in [-0.4, -0.2) is 42.3 Å². The minimum Gasteiger partial charge on any atom is -0.365 e. The SMILES string of the molecule is CCO[P+](O)(CNC(=O)c1sc(NC)nc1C)OCC. The van der Waals surface area contributed by atoms with Crippen LogP contribution in [0, 0.1) is 6.92 Å². The molecule has 0 aliphatic rings. The molecule has 114 valence electrons. The lowest BCUT2D eigenvalue weighted by Crippen LogP contribution is -2.27. The van der Waals surface area contributed by atoms with Gasteiger partial charge in [-0.05, 0) is 20.8 Å². The first kappa shape index (κ1) is 17.3. The monoisotopic (exact) mass is 322 g/mol. The van der Waals surface area contributed by atoms with Crippen LogP contribution in [-0.2, 0) is 9.05 Å². The normalized spacial score (nSPS) is 11.4. The molecule has 1 heterocycles. The van der Waals surface area contributed by atoms with E-state index in [2.05, 4.69) is 15.6 Å². The molecule has 9 heteroatoms. The summed E-state index contributed by atoms with van der Waals surface area (Å²) in [7, 11) is -1.28. The number of rotatable bonds is 8. The van der Waals surface area contributed by atoms with Crippen molar-refractivity contribution >= 4 is 30.3 Å². The quantitative estimate of drug-likeness (QED) is 0.634. The Kier molecular flexibility index (Phi) is 6.78. The fraction of sp³-hybridized carbons (Fsp3) is 0.636. The van der Waals surface area contributed by atoms with Crippen LogP contribution >= 0.6 is 19.3 Å². The van der Waals surface area contributed by atoms with Crippen LogP contribution in [0.3, 0.4) is 0 Å². The van der Waals surface area contributed by atoms with E-state index in [1.54, 1.807) is 27.8 Å². The van der Waals surface area contributed by atoms with Gasteiger partial charge in [0.2, 0.25) is 6.29 Å². The minimum absolute atomic E-state index is 0.0419. The van der Waals surface area contributed by atoms with Gasteiger partial charge in [-0.3, -0.25) is 4.79 Å². The fourth-order valence-electron chi connectivity index (χ4n) is 1.50. The predicted molar refractivity (Wildman–Crippen MR) is 81.1 cm³/mol. The summed E-state index contributed by atoms with van der Waals surface area (Å²) in [6.07, 6.45) is -0.0419. The first-order chi connectivity index (χ1) is 9.45. The number of nitrogens with one attached hydrogen (secondary N) is 2. The number of aromatic nitrogens is 1. The summed E-state index contributed by atoms with van der Waals surface area (Å²) < 4.78 is 10.4. The average Bonchev–Trinajstić information content (AvgIpc) is 2.78. The van der Waals surface area contributed by atoms with Gasteiger partial charge in [-0.25, -0.2) is 4.98 Å².